The van der Waals surface area contributed by atoms with Gasteiger partial charge in [-0.15, -0.1) is 10.2 Å². The van der Waals surface area contributed by atoms with Crippen LogP contribution in [-0.4, -0.2) is 38.0 Å². The van der Waals surface area contributed by atoms with Gasteiger partial charge in [0.2, 0.25) is 11.8 Å². The quantitative estimate of drug-likeness (QED) is 0.738. The highest BCUT2D eigenvalue weighted by Crippen LogP contribution is 2.31. The van der Waals surface area contributed by atoms with Crippen molar-refractivity contribution in [2.75, 3.05) is 13.1 Å². The van der Waals surface area contributed by atoms with Crippen molar-refractivity contribution in [3.05, 3.63) is 53.7 Å². The Balaban J connectivity index is 1.44. The summed E-state index contributed by atoms with van der Waals surface area (Å²) in [5.74, 6) is 1.25. The maximum Gasteiger partial charge on any atom is 0.247 e. The summed E-state index contributed by atoms with van der Waals surface area (Å²) < 4.78 is 7.95. The van der Waals surface area contributed by atoms with E-state index in [0.717, 1.165) is 18.7 Å². The lowest BCUT2D eigenvalue weighted by Gasteiger charge is -2.41. The molecular formula is C18H21N5O. The number of hydrogen-bond donors (Lipinski definition) is 0. The first-order chi connectivity index (χ1) is 11.6. The zero-order chi connectivity index (χ0) is 16.7. The molecule has 1 aliphatic rings. The number of hydrogen-bond acceptors (Lipinski definition) is 5. The Bertz CT molecular complexity index is 846. The second kappa shape index (κ2) is 5.87. The number of likely N-dealkylation sites (tertiary alicyclic amines) is 1. The molecule has 3 heterocycles. The van der Waals surface area contributed by atoms with Crippen molar-refractivity contribution in [1.82, 2.24) is 24.9 Å². The largest absolute Gasteiger partial charge is 0.419 e. The van der Waals surface area contributed by atoms with Crippen LogP contribution in [0.2, 0.25) is 0 Å². The molecule has 0 bridgehead atoms. The minimum absolute atomic E-state index is 0.115. The third kappa shape index (κ3) is 2.73. The number of aromatic nitrogens is 4. The Morgan fingerprint density at radius 1 is 1.17 bits per heavy atom. The van der Waals surface area contributed by atoms with E-state index in [0.29, 0.717) is 17.8 Å². The van der Waals surface area contributed by atoms with Gasteiger partial charge in [0.1, 0.15) is 0 Å². The minimum atomic E-state index is 0.115. The summed E-state index contributed by atoms with van der Waals surface area (Å²) in [6, 6.07) is 8.66. The van der Waals surface area contributed by atoms with Crippen LogP contribution >= 0.6 is 0 Å². The number of rotatable bonds is 4. The second-order valence-corrected chi connectivity index (χ2v) is 6.60. The number of benzene rings is 1. The molecule has 0 spiro atoms. The van der Waals surface area contributed by atoms with E-state index < -0.39 is 0 Å². The van der Waals surface area contributed by atoms with Crippen LogP contribution in [0.1, 0.15) is 36.0 Å². The summed E-state index contributed by atoms with van der Waals surface area (Å²) in [5, 5.41) is 12.9. The molecule has 0 amide bonds. The third-order valence-electron chi connectivity index (χ3n) is 4.61. The Hall–Kier alpha value is -2.47. The molecule has 1 atom stereocenters. The van der Waals surface area contributed by atoms with Gasteiger partial charge in [-0.1, -0.05) is 17.7 Å². The van der Waals surface area contributed by atoms with Crippen LogP contribution < -0.4 is 0 Å². The van der Waals surface area contributed by atoms with Gasteiger partial charge in [-0.3, -0.25) is 9.58 Å². The molecule has 3 aromatic rings. The first-order valence-corrected chi connectivity index (χ1v) is 8.25. The average Bonchev–Trinajstić information content (AvgIpc) is 3.15. The fraction of sp³-hybridized carbons (Fsp3) is 0.389. The predicted molar refractivity (Wildman–Crippen MR) is 90.5 cm³/mol. The van der Waals surface area contributed by atoms with Crippen molar-refractivity contribution < 1.29 is 4.42 Å². The molecule has 6 nitrogen and oxygen atoms in total. The summed E-state index contributed by atoms with van der Waals surface area (Å²) in [6.07, 6.45) is 3.99. The van der Waals surface area contributed by atoms with Gasteiger partial charge in [-0.25, -0.2) is 0 Å². The average molecular weight is 323 g/mol. The topological polar surface area (TPSA) is 60.0 Å². The van der Waals surface area contributed by atoms with Crippen molar-refractivity contribution in [1.29, 1.82) is 0 Å². The Kier molecular flexibility index (Phi) is 3.69. The fourth-order valence-corrected chi connectivity index (χ4v) is 3.06. The zero-order valence-electron chi connectivity index (χ0n) is 14.2. The van der Waals surface area contributed by atoms with Gasteiger partial charge in [-0.2, -0.15) is 5.10 Å². The summed E-state index contributed by atoms with van der Waals surface area (Å²) in [7, 11) is 0. The summed E-state index contributed by atoms with van der Waals surface area (Å²) in [6.45, 7) is 8.13. The lowest BCUT2D eigenvalue weighted by molar-refractivity contribution is 0.0484. The molecule has 6 heteroatoms. The van der Waals surface area contributed by atoms with Crippen LogP contribution in [-0.2, 0) is 0 Å². The molecule has 0 saturated carbocycles. The Morgan fingerprint density at radius 2 is 2.00 bits per heavy atom. The van der Waals surface area contributed by atoms with Crippen molar-refractivity contribution in [2.45, 2.75) is 32.9 Å². The van der Waals surface area contributed by atoms with Crippen LogP contribution in [0.15, 0.2) is 41.1 Å². The van der Waals surface area contributed by atoms with Gasteiger partial charge in [0, 0.05) is 24.8 Å². The van der Waals surface area contributed by atoms with Gasteiger partial charge in [0.15, 0.2) is 0 Å². The highest BCUT2D eigenvalue weighted by Gasteiger charge is 2.34. The molecule has 4 rings (SSSR count). The van der Waals surface area contributed by atoms with Gasteiger partial charge < -0.3 is 4.42 Å². The molecule has 1 aliphatic heterocycles. The van der Waals surface area contributed by atoms with Crippen LogP contribution in [0.25, 0.3) is 11.5 Å². The molecule has 1 saturated heterocycles. The normalized spacial score (nSPS) is 17.0. The maximum absolute atomic E-state index is 5.90. The lowest BCUT2D eigenvalue weighted by atomic mass is 10.1. The number of nitrogens with zero attached hydrogens (tertiary/aromatic N) is 5. The highest BCUT2D eigenvalue weighted by atomic mass is 16.4. The standard InChI is InChI=1S/C18H21N5O/c1-12-5-4-6-15(7-12)18-21-20-17(24-18)14(3)22-10-16(11-22)23-9-13(2)8-19-23/h4-9,14,16H,10-11H2,1-3H3/t14-/m1/s1. The van der Waals surface area contributed by atoms with Gasteiger partial charge in [-0.05, 0) is 38.5 Å². The summed E-state index contributed by atoms with van der Waals surface area (Å²) >= 11 is 0. The Morgan fingerprint density at radius 3 is 2.71 bits per heavy atom. The third-order valence-corrected chi connectivity index (χ3v) is 4.61. The van der Waals surface area contributed by atoms with E-state index in [1.165, 1.54) is 11.1 Å². The fourth-order valence-electron chi connectivity index (χ4n) is 3.06. The molecule has 1 fully saturated rings. The first-order valence-electron chi connectivity index (χ1n) is 8.25. The second-order valence-electron chi connectivity index (χ2n) is 6.60. The minimum Gasteiger partial charge on any atom is -0.419 e. The van der Waals surface area contributed by atoms with E-state index in [9.17, 15) is 0 Å². The van der Waals surface area contributed by atoms with E-state index in [2.05, 4.69) is 59.3 Å². The van der Waals surface area contributed by atoms with Crippen LogP contribution in [0.5, 0.6) is 0 Å². The monoisotopic (exact) mass is 323 g/mol. The Labute approximate surface area is 141 Å². The van der Waals surface area contributed by atoms with E-state index in [1.54, 1.807) is 0 Å². The molecule has 0 N–H and O–H groups in total. The molecule has 0 unspecified atom stereocenters. The van der Waals surface area contributed by atoms with Crippen molar-refractivity contribution >= 4 is 0 Å². The van der Waals surface area contributed by atoms with Crippen molar-refractivity contribution in [3.8, 4) is 11.5 Å². The molecule has 1 aromatic carbocycles. The van der Waals surface area contributed by atoms with E-state index in [-0.39, 0.29) is 6.04 Å². The van der Waals surface area contributed by atoms with Crippen LogP contribution in [0.3, 0.4) is 0 Å². The molecule has 124 valence electrons. The molecule has 24 heavy (non-hydrogen) atoms. The molecular weight excluding hydrogens is 302 g/mol. The first kappa shape index (κ1) is 15.1. The summed E-state index contributed by atoms with van der Waals surface area (Å²) in [5.41, 5.74) is 3.34. The van der Waals surface area contributed by atoms with E-state index in [1.807, 2.05) is 23.0 Å². The number of aryl methyl sites for hydroxylation is 2. The SMILES string of the molecule is Cc1cccc(-c2nnc([C@@H](C)N3CC(n4cc(C)cn4)C3)o2)c1. The summed E-state index contributed by atoms with van der Waals surface area (Å²) in [4.78, 5) is 2.33. The van der Waals surface area contributed by atoms with Crippen LogP contribution in [0.4, 0.5) is 0 Å². The van der Waals surface area contributed by atoms with Crippen molar-refractivity contribution in [3.63, 3.8) is 0 Å². The molecule has 0 radical (unpaired) electrons. The predicted octanol–water partition coefficient (Wildman–Crippen LogP) is 3.17. The van der Waals surface area contributed by atoms with Crippen molar-refractivity contribution in [2.24, 2.45) is 0 Å². The van der Waals surface area contributed by atoms with Gasteiger partial charge >= 0.3 is 0 Å². The molecule has 2 aromatic heterocycles. The zero-order valence-corrected chi connectivity index (χ0v) is 14.2. The van der Waals surface area contributed by atoms with Crippen LogP contribution in [0, 0.1) is 13.8 Å². The maximum atomic E-state index is 5.90. The highest BCUT2D eigenvalue weighted by molar-refractivity contribution is 5.53. The van der Waals surface area contributed by atoms with E-state index in [4.69, 9.17) is 4.42 Å². The lowest BCUT2D eigenvalue weighted by Crippen LogP contribution is -2.48. The van der Waals surface area contributed by atoms with Gasteiger partial charge in [0.05, 0.1) is 18.3 Å². The molecule has 0 aliphatic carbocycles. The van der Waals surface area contributed by atoms with E-state index >= 15 is 0 Å². The smallest absolute Gasteiger partial charge is 0.247 e. The van der Waals surface area contributed by atoms with Gasteiger partial charge in [0.25, 0.3) is 0 Å².